The second-order valence-electron chi connectivity index (χ2n) is 7.44. The van der Waals surface area contributed by atoms with Gasteiger partial charge in [-0.15, -0.1) is 0 Å². The molecule has 1 atom stereocenters. The van der Waals surface area contributed by atoms with Crippen molar-refractivity contribution in [2.24, 2.45) is 0 Å². The topological polar surface area (TPSA) is 131 Å². The lowest BCUT2D eigenvalue weighted by Crippen LogP contribution is -2.47. The van der Waals surface area contributed by atoms with Gasteiger partial charge in [-0.1, -0.05) is 30.3 Å². The van der Waals surface area contributed by atoms with E-state index in [9.17, 15) is 22.8 Å². The second-order valence-corrected chi connectivity index (χ2v) is 9.59. The first-order chi connectivity index (χ1) is 16.1. The molecule has 0 radical (unpaired) electrons. The molecule has 0 saturated heterocycles. The number of urea groups is 1. The molecule has 2 aromatic carbocycles. The van der Waals surface area contributed by atoms with Crippen molar-refractivity contribution in [2.45, 2.75) is 17.9 Å². The quantitative estimate of drug-likeness (QED) is 0.544. The van der Waals surface area contributed by atoms with Gasteiger partial charge in [-0.05, 0) is 36.8 Å². The van der Waals surface area contributed by atoms with Crippen LogP contribution < -0.4 is 10.6 Å². The third-order valence-corrected chi connectivity index (χ3v) is 6.83. The monoisotopic (exact) mass is 487 g/mol. The second kappa shape index (κ2) is 10.5. The minimum absolute atomic E-state index is 0.0256. The van der Waals surface area contributed by atoms with Crippen molar-refractivity contribution in [3.05, 3.63) is 77.0 Å². The van der Waals surface area contributed by atoms with Crippen LogP contribution in [0.3, 0.4) is 0 Å². The Morgan fingerprint density at radius 2 is 1.62 bits per heavy atom. The minimum Gasteiger partial charge on any atom is -0.463 e. The number of nitrogens with one attached hydrogen (secondary N) is 2. The third kappa shape index (κ3) is 5.43. The molecule has 0 bridgehead atoms. The lowest BCUT2D eigenvalue weighted by Gasteiger charge is -2.29. The number of benzene rings is 2. The molecular weight excluding hydrogens is 462 g/mol. The van der Waals surface area contributed by atoms with Crippen molar-refractivity contribution in [3.8, 4) is 0 Å². The van der Waals surface area contributed by atoms with Gasteiger partial charge in [-0.3, -0.25) is 0 Å². The first kappa shape index (κ1) is 24.9. The minimum atomic E-state index is -3.64. The zero-order valence-electron chi connectivity index (χ0n) is 18.9. The van der Waals surface area contributed by atoms with Gasteiger partial charge in [0.2, 0.25) is 10.0 Å². The molecule has 2 N–H and O–H groups in total. The molecule has 0 spiro atoms. The van der Waals surface area contributed by atoms with E-state index >= 15 is 0 Å². The lowest BCUT2D eigenvalue weighted by molar-refractivity contribution is -0.139. The SMILES string of the molecule is CCOC(=O)C1=C(COC(=O)c2ccc(S(=O)(=O)N(C)C)cc2)NC(=O)N[C@H]1c1ccccc1. The summed E-state index contributed by atoms with van der Waals surface area (Å²) >= 11 is 0. The molecule has 3 rings (SSSR count). The van der Waals surface area contributed by atoms with Crippen LogP contribution in [0, 0.1) is 0 Å². The number of rotatable bonds is 8. The fourth-order valence-corrected chi connectivity index (χ4v) is 4.17. The van der Waals surface area contributed by atoms with E-state index in [1.54, 1.807) is 37.3 Å². The molecule has 0 unspecified atom stereocenters. The summed E-state index contributed by atoms with van der Waals surface area (Å²) in [5, 5.41) is 5.21. The smallest absolute Gasteiger partial charge is 0.338 e. The molecule has 1 aliphatic rings. The summed E-state index contributed by atoms with van der Waals surface area (Å²) in [4.78, 5) is 37.6. The predicted octanol–water partition coefficient (Wildman–Crippen LogP) is 1.96. The maximum atomic E-state index is 12.7. The first-order valence-electron chi connectivity index (χ1n) is 10.4. The molecule has 0 aromatic heterocycles. The Balaban J connectivity index is 1.85. The van der Waals surface area contributed by atoms with E-state index in [-0.39, 0.29) is 28.3 Å². The molecule has 1 aliphatic heterocycles. The van der Waals surface area contributed by atoms with Crippen LogP contribution in [0.4, 0.5) is 4.79 Å². The highest BCUT2D eigenvalue weighted by Crippen LogP contribution is 2.28. The average molecular weight is 488 g/mol. The number of ether oxygens (including phenoxy) is 2. The lowest BCUT2D eigenvalue weighted by atomic mass is 9.95. The summed E-state index contributed by atoms with van der Waals surface area (Å²) in [7, 11) is -0.831. The number of carbonyl (C=O) groups excluding carboxylic acids is 3. The standard InChI is InChI=1S/C23H25N3O7S/c1-4-32-22(28)19-18(24-23(29)25-20(19)15-8-6-5-7-9-15)14-33-21(27)16-10-12-17(13-11-16)34(30,31)26(2)3/h5-13,20H,4,14H2,1-3H3,(H2,24,25,29)/t20-/m0/s1. The maximum absolute atomic E-state index is 12.7. The van der Waals surface area contributed by atoms with Gasteiger partial charge in [-0.2, -0.15) is 0 Å². The van der Waals surface area contributed by atoms with E-state index in [4.69, 9.17) is 9.47 Å². The number of nitrogens with zero attached hydrogens (tertiary/aromatic N) is 1. The highest BCUT2D eigenvalue weighted by Gasteiger charge is 2.34. The van der Waals surface area contributed by atoms with Crippen LogP contribution in [0.15, 0.2) is 70.8 Å². The molecular formula is C23H25N3O7S. The summed E-state index contributed by atoms with van der Waals surface area (Å²) < 4.78 is 35.9. The number of hydrogen-bond donors (Lipinski definition) is 2. The van der Waals surface area contributed by atoms with Crippen molar-refractivity contribution >= 4 is 28.0 Å². The summed E-state index contributed by atoms with van der Waals surface area (Å²) in [6, 6.07) is 12.7. The zero-order valence-corrected chi connectivity index (χ0v) is 19.7. The van der Waals surface area contributed by atoms with Gasteiger partial charge in [0, 0.05) is 14.1 Å². The Bertz CT molecular complexity index is 1210. The molecule has 180 valence electrons. The van der Waals surface area contributed by atoms with Gasteiger partial charge in [-0.25, -0.2) is 27.1 Å². The Hall–Kier alpha value is -3.70. The Kier molecular flexibility index (Phi) is 7.69. The fourth-order valence-electron chi connectivity index (χ4n) is 3.27. The van der Waals surface area contributed by atoms with E-state index < -0.39 is 40.6 Å². The molecule has 1 heterocycles. The molecule has 0 fully saturated rings. The van der Waals surface area contributed by atoms with Crippen LogP contribution in [0.5, 0.6) is 0 Å². The van der Waals surface area contributed by atoms with Crippen LogP contribution in [0.2, 0.25) is 0 Å². The Morgan fingerprint density at radius 3 is 2.21 bits per heavy atom. The maximum Gasteiger partial charge on any atom is 0.338 e. The van der Waals surface area contributed by atoms with Crippen LogP contribution >= 0.6 is 0 Å². The predicted molar refractivity (Wildman–Crippen MR) is 122 cm³/mol. The fraction of sp³-hybridized carbons (Fsp3) is 0.261. The Morgan fingerprint density at radius 1 is 0.971 bits per heavy atom. The summed E-state index contributed by atoms with van der Waals surface area (Å²) in [6.45, 7) is 1.37. The molecule has 2 amide bonds. The van der Waals surface area contributed by atoms with E-state index in [0.717, 1.165) is 4.31 Å². The number of amides is 2. The highest BCUT2D eigenvalue weighted by atomic mass is 32.2. The van der Waals surface area contributed by atoms with E-state index in [0.29, 0.717) is 5.56 Å². The van der Waals surface area contributed by atoms with Crippen LogP contribution in [-0.4, -0.2) is 58.0 Å². The van der Waals surface area contributed by atoms with E-state index in [2.05, 4.69) is 10.6 Å². The molecule has 0 aliphatic carbocycles. The van der Waals surface area contributed by atoms with Gasteiger partial charge in [0.25, 0.3) is 0 Å². The zero-order chi connectivity index (χ0) is 24.9. The van der Waals surface area contributed by atoms with Crippen molar-refractivity contribution in [3.63, 3.8) is 0 Å². The number of hydrogen-bond acceptors (Lipinski definition) is 7. The van der Waals surface area contributed by atoms with Gasteiger partial charge in [0.05, 0.1) is 34.4 Å². The van der Waals surface area contributed by atoms with Gasteiger partial charge in [0.1, 0.15) is 6.61 Å². The largest absolute Gasteiger partial charge is 0.463 e. The molecule has 0 saturated carbocycles. The number of carbonyl (C=O) groups is 3. The summed E-state index contributed by atoms with van der Waals surface area (Å²) in [6.07, 6.45) is 0. The van der Waals surface area contributed by atoms with Crippen LogP contribution in [0.1, 0.15) is 28.9 Å². The van der Waals surface area contributed by atoms with Crippen LogP contribution in [0.25, 0.3) is 0 Å². The summed E-state index contributed by atoms with van der Waals surface area (Å²) in [5.74, 6) is -1.42. The Labute approximate surface area is 197 Å². The van der Waals surface area contributed by atoms with Gasteiger partial charge >= 0.3 is 18.0 Å². The van der Waals surface area contributed by atoms with Gasteiger partial charge < -0.3 is 20.1 Å². The summed E-state index contributed by atoms with van der Waals surface area (Å²) in [5.41, 5.74) is 0.974. The molecule has 2 aromatic rings. The normalized spacial score (nSPS) is 16.0. The number of sulfonamides is 1. The van der Waals surface area contributed by atoms with Crippen molar-refractivity contribution in [2.75, 3.05) is 27.3 Å². The third-order valence-electron chi connectivity index (χ3n) is 5.00. The highest BCUT2D eigenvalue weighted by molar-refractivity contribution is 7.89. The van der Waals surface area contributed by atoms with E-state index in [1.165, 1.54) is 38.4 Å². The average Bonchev–Trinajstić information content (AvgIpc) is 2.82. The van der Waals surface area contributed by atoms with Crippen molar-refractivity contribution in [1.29, 1.82) is 0 Å². The van der Waals surface area contributed by atoms with E-state index in [1.807, 2.05) is 0 Å². The van der Waals surface area contributed by atoms with Crippen LogP contribution in [-0.2, 0) is 24.3 Å². The molecule has 10 nitrogen and oxygen atoms in total. The van der Waals surface area contributed by atoms with Crippen molar-refractivity contribution in [1.82, 2.24) is 14.9 Å². The van der Waals surface area contributed by atoms with Crippen molar-refractivity contribution < 1.29 is 32.3 Å². The van der Waals surface area contributed by atoms with Gasteiger partial charge in [0.15, 0.2) is 0 Å². The molecule has 34 heavy (non-hydrogen) atoms. The molecule has 11 heteroatoms. The number of esters is 2. The first-order valence-corrected chi connectivity index (χ1v) is 11.8.